The molecule has 15 heavy (non-hydrogen) atoms. The molecule has 0 aromatic rings. The van der Waals surface area contributed by atoms with Crippen molar-refractivity contribution < 1.29 is 14.3 Å². The van der Waals surface area contributed by atoms with Gasteiger partial charge in [0.25, 0.3) is 0 Å². The van der Waals surface area contributed by atoms with E-state index < -0.39 is 6.23 Å². The van der Waals surface area contributed by atoms with E-state index in [9.17, 15) is 4.79 Å². The third-order valence-electron chi connectivity index (χ3n) is 3.29. The van der Waals surface area contributed by atoms with Crippen LogP contribution >= 0.6 is 0 Å². The summed E-state index contributed by atoms with van der Waals surface area (Å²) in [6.07, 6.45) is 0.290. The number of esters is 1. The highest BCUT2D eigenvalue weighted by molar-refractivity contribution is 5.66. The highest BCUT2D eigenvalue weighted by Crippen LogP contribution is 2.32. The molecule has 1 aliphatic heterocycles. The van der Waals surface area contributed by atoms with Gasteiger partial charge >= 0.3 is 5.97 Å². The van der Waals surface area contributed by atoms with Crippen LogP contribution in [-0.2, 0) is 14.3 Å². The summed E-state index contributed by atoms with van der Waals surface area (Å²) in [4.78, 5) is 10.9. The second-order valence-electron chi connectivity index (χ2n) is 4.34. The quantitative estimate of drug-likeness (QED) is 0.705. The largest absolute Gasteiger partial charge is 0.458 e. The van der Waals surface area contributed by atoms with Crippen LogP contribution in [0.2, 0.25) is 0 Å². The zero-order valence-electron chi connectivity index (χ0n) is 9.90. The fraction of sp³-hybridized carbons (Fsp3) is 0.909. The summed E-state index contributed by atoms with van der Waals surface area (Å²) in [5.74, 6) is 0.301. The molecule has 0 amide bonds. The van der Waals surface area contributed by atoms with Crippen LogP contribution in [0.1, 0.15) is 34.1 Å². The van der Waals surface area contributed by atoms with E-state index in [1.165, 1.54) is 6.92 Å². The fourth-order valence-corrected chi connectivity index (χ4v) is 2.17. The number of rotatable bonds is 2. The lowest BCUT2D eigenvalue weighted by Gasteiger charge is -2.42. The number of nitrogens with two attached hydrogens (primary N) is 1. The molecule has 0 bridgehead atoms. The van der Waals surface area contributed by atoms with Crippen LogP contribution in [0.15, 0.2) is 0 Å². The molecule has 4 heteroatoms. The first-order chi connectivity index (χ1) is 6.97. The first-order valence-corrected chi connectivity index (χ1v) is 5.55. The second-order valence-corrected chi connectivity index (χ2v) is 4.34. The topological polar surface area (TPSA) is 61.6 Å². The smallest absolute Gasteiger partial charge is 0.303 e. The summed E-state index contributed by atoms with van der Waals surface area (Å²) < 4.78 is 10.8. The molecule has 5 atom stereocenters. The number of hydrogen-bond donors (Lipinski definition) is 1. The molecule has 2 N–H and O–H groups in total. The standard InChI is InChI=1S/C11H21NO3/c1-5-9-6(2)7(3)10(11(12)15-9)14-8(4)13/h6-7,9-11H,5,12H2,1-4H3. The number of carbonyl (C=O) groups excluding carboxylic acids is 1. The van der Waals surface area contributed by atoms with Crippen molar-refractivity contribution in [2.45, 2.75) is 52.6 Å². The molecule has 0 aliphatic carbocycles. The normalized spacial score (nSPS) is 41.3. The minimum atomic E-state index is -0.495. The molecule has 1 saturated heterocycles. The highest BCUT2D eigenvalue weighted by Gasteiger charge is 2.40. The molecule has 1 heterocycles. The lowest BCUT2D eigenvalue weighted by Crippen LogP contribution is -2.54. The third-order valence-corrected chi connectivity index (χ3v) is 3.29. The van der Waals surface area contributed by atoms with Gasteiger partial charge in [-0.3, -0.25) is 4.79 Å². The molecule has 1 rings (SSSR count). The zero-order valence-corrected chi connectivity index (χ0v) is 9.90. The summed E-state index contributed by atoms with van der Waals surface area (Å²) in [5, 5.41) is 0. The third kappa shape index (κ3) is 2.69. The van der Waals surface area contributed by atoms with E-state index in [4.69, 9.17) is 15.2 Å². The maximum Gasteiger partial charge on any atom is 0.303 e. The van der Waals surface area contributed by atoms with Crippen molar-refractivity contribution in [1.29, 1.82) is 0 Å². The Kier molecular flexibility index (Phi) is 4.11. The van der Waals surface area contributed by atoms with Crippen LogP contribution in [0.4, 0.5) is 0 Å². The zero-order chi connectivity index (χ0) is 11.6. The van der Waals surface area contributed by atoms with Gasteiger partial charge in [-0.05, 0) is 12.3 Å². The molecule has 0 spiro atoms. The fourth-order valence-electron chi connectivity index (χ4n) is 2.17. The van der Waals surface area contributed by atoms with Crippen LogP contribution in [0, 0.1) is 11.8 Å². The van der Waals surface area contributed by atoms with Gasteiger partial charge in [0.05, 0.1) is 6.10 Å². The Bertz CT molecular complexity index is 232. The van der Waals surface area contributed by atoms with E-state index in [1.807, 2.05) is 0 Å². The molecular weight excluding hydrogens is 194 g/mol. The lowest BCUT2D eigenvalue weighted by atomic mass is 9.82. The molecule has 5 unspecified atom stereocenters. The van der Waals surface area contributed by atoms with Crippen LogP contribution < -0.4 is 5.73 Å². The maximum absolute atomic E-state index is 10.9. The Morgan fingerprint density at radius 1 is 1.40 bits per heavy atom. The first-order valence-electron chi connectivity index (χ1n) is 5.55. The van der Waals surface area contributed by atoms with Gasteiger partial charge in [0.2, 0.25) is 0 Å². The first kappa shape index (κ1) is 12.5. The number of ether oxygens (including phenoxy) is 2. The van der Waals surface area contributed by atoms with Crippen molar-refractivity contribution in [1.82, 2.24) is 0 Å². The SMILES string of the molecule is CCC1OC(N)C(OC(C)=O)C(C)C1C. The summed E-state index contributed by atoms with van der Waals surface area (Å²) in [5.41, 5.74) is 5.85. The van der Waals surface area contributed by atoms with Gasteiger partial charge in [0.15, 0.2) is 0 Å². The van der Waals surface area contributed by atoms with E-state index >= 15 is 0 Å². The maximum atomic E-state index is 10.9. The van der Waals surface area contributed by atoms with Crippen LogP contribution in [0.3, 0.4) is 0 Å². The minimum Gasteiger partial charge on any atom is -0.458 e. The molecule has 4 nitrogen and oxygen atoms in total. The van der Waals surface area contributed by atoms with Crippen molar-refractivity contribution in [2.24, 2.45) is 17.6 Å². The number of hydrogen-bond acceptors (Lipinski definition) is 4. The summed E-state index contributed by atoms with van der Waals surface area (Å²) >= 11 is 0. The van der Waals surface area contributed by atoms with Gasteiger partial charge in [0, 0.05) is 12.8 Å². The summed E-state index contributed by atoms with van der Waals surface area (Å²) in [6, 6.07) is 0. The van der Waals surface area contributed by atoms with E-state index in [0.717, 1.165) is 6.42 Å². The molecule has 88 valence electrons. The Morgan fingerprint density at radius 3 is 2.47 bits per heavy atom. The van der Waals surface area contributed by atoms with Gasteiger partial charge in [-0.15, -0.1) is 0 Å². The Labute approximate surface area is 91.1 Å². The summed E-state index contributed by atoms with van der Waals surface area (Å²) in [7, 11) is 0. The van der Waals surface area contributed by atoms with E-state index in [1.54, 1.807) is 0 Å². The van der Waals surface area contributed by atoms with E-state index in [2.05, 4.69) is 20.8 Å². The van der Waals surface area contributed by atoms with Crippen LogP contribution in [0.25, 0.3) is 0 Å². The summed E-state index contributed by atoms with van der Waals surface area (Å²) in [6.45, 7) is 7.65. The van der Waals surface area contributed by atoms with Crippen molar-refractivity contribution in [3.63, 3.8) is 0 Å². The molecule has 1 fully saturated rings. The molecule has 0 radical (unpaired) electrons. The van der Waals surface area contributed by atoms with Crippen LogP contribution in [0.5, 0.6) is 0 Å². The van der Waals surface area contributed by atoms with Crippen molar-refractivity contribution in [2.75, 3.05) is 0 Å². The molecular formula is C11H21NO3. The Hall–Kier alpha value is -0.610. The van der Waals surface area contributed by atoms with Gasteiger partial charge in [-0.1, -0.05) is 20.8 Å². The molecule has 0 aromatic heterocycles. The van der Waals surface area contributed by atoms with Gasteiger partial charge in [0.1, 0.15) is 12.3 Å². The van der Waals surface area contributed by atoms with Crippen molar-refractivity contribution >= 4 is 5.97 Å². The molecule has 0 aromatic carbocycles. The number of carbonyl (C=O) groups is 1. The highest BCUT2D eigenvalue weighted by atomic mass is 16.6. The predicted molar refractivity (Wildman–Crippen MR) is 57.0 cm³/mol. The Morgan fingerprint density at radius 2 is 2.00 bits per heavy atom. The van der Waals surface area contributed by atoms with E-state index in [-0.39, 0.29) is 24.1 Å². The van der Waals surface area contributed by atoms with Crippen LogP contribution in [-0.4, -0.2) is 24.4 Å². The average Bonchev–Trinajstić information content (AvgIpc) is 2.18. The van der Waals surface area contributed by atoms with Crippen molar-refractivity contribution in [3.8, 4) is 0 Å². The molecule has 1 aliphatic rings. The molecule has 0 saturated carbocycles. The Balaban J connectivity index is 2.70. The monoisotopic (exact) mass is 215 g/mol. The minimum absolute atomic E-state index is 0.168. The van der Waals surface area contributed by atoms with Gasteiger partial charge in [-0.25, -0.2) is 0 Å². The second kappa shape index (κ2) is 4.94. The van der Waals surface area contributed by atoms with Gasteiger partial charge in [-0.2, -0.15) is 0 Å². The van der Waals surface area contributed by atoms with E-state index in [0.29, 0.717) is 5.92 Å². The lowest BCUT2D eigenvalue weighted by molar-refractivity contribution is -0.193. The average molecular weight is 215 g/mol. The van der Waals surface area contributed by atoms with Crippen molar-refractivity contribution in [3.05, 3.63) is 0 Å². The predicted octanol–water partition coefficient (Wildman–Crippen LogP) is 1.28. The van der Waals surface area contributed by atoms with Gasteiger partial charge < -0.3 is 15.2 Å².